The highest BCUT2D eigenvalue weighted by Crippen LogP contribution is 2.34. The fourth-order valence-corrected chi connectivity index (χ4v) is 4.71. The van der Waals surface area contributed by atoms with Crippen molar-refractivity contribution in [1.82, 2.24) is 10.3 Å². The quantitative estimate of drug-likeness (QED) is 0.580. The smallest absolute Gasteiger partial charge is 0.258 e. The number of benzene rings is 2. The summed E-state index contributed by atoms with van der Waals surface area (Å²) in [5.41, 5.74) is 1.66. The zero-order chi connectivity index (χ0) is 23.7. The SMILES string of the molecule is O=C(COc1cccc2ccc(N3CCC4(CC3)OCCO4)nc12)NCc1ccc2c(c1)OCO2. The minimum atomic E-state index is -0.421. The maximum absolute atomic E-state index is 12.5. The van der Waals surface area contributed by atoms with Crippen LogP contribution in [0.2, 0.25) is 0 Å². The Balaban J connectivity index is 1.09. The van der Waals surface area contributed by atoms with Crippen molar-refractivity contribution < 1.29 is 28.5 Å². The van der Waals surface area contributed by atoms with Gasteiger partial charge in [0.25, 0.3) is 5.91 Å². The molecule has 2 saturated heterocycles. The Morgan fingerprint density at radius 2 is 1.86 bits per heavy atom. The van der Waals surface area contributed by atoms with Crippen LogP contribution in [-0.2, 0) is 20.8 Å². The number of pyridine rings is 1. The molecule has 9 nitrogen and oxygen atoms in total. The lowest BCUT2D eigenvalue weighted by Gasteiger charge is -2.38. The number of aromatic nitrogens is 1. The van der Waals surface area contributed by atoms with E-state index < -0.39 is 5.79 Å². The van der Waals surface area contributed by atoms with Crippen LogP contribution in [0.5, 0.6) is 17.2 Å². The zero-order valence-corrected chi connectivity index (χ0v) is 19.3. The van der Waals surface area contributed by atoms with Crippen LogP contribution < -0.4 is 24.4 Å². The number of nitrogens with one attached hydrogen (secondary N) is 1. The summed E-state index contributed by atoms with van der Waals surface area (Å²) in [6.45, 7) is 3.45. The van der Waals surface area contributed by atoms with Gasteiger partial charge in [0, 0.05) is 37.9 Å². The van der Waals surface area contributed by atoms with E-state index in [0.717, 1.165) is 54.0 Å². The number of hydrogen-bond donors (Lipinski definition) is 1. The lowest BCUT2D eigenvalue weighted by atomic mass is 10.0. The average molecular weight is 478 g/mol. The second kappa shape index (κ2) is 9.24. The highest BCUT2D eigenvalue weighted by molar-refractivity contribution is 5.86. The summed E-state index contributed by atoms with van der Waals surface area (Å²) in [6.07, 6.45) is 1.63. The molecule has 3 aromatic rings. The van der Waals surface area contributed by atoms with Crippen LogP contribution in [0.3, 0.4) is 0 Å². The highest BCUT2D eigenvalue weighted by Gasteiger charge is 2.40. The zero-order valence-electron chi connectivity index (χ0n) is 19.3. The van der Waals surface area contributed by atoms with Gasteiger partial charge in [0.2, 0.25) is 6.79 Å². The van der Waals surface area contributed by atoms with Gasteiger partial charge in [-0.1, -0.05) is 18.2 Å². The molecule has 35 heavy (non-hydrogen) atoms. The molecule has 3 aliphatic heterocycles. The number of nitrogens with zero attached hydrogens (tertiary/aromatic N) is 2. The van der Waals surface area contributed by atoms with E-state index in [-0.39, 0.29) is 19.3 Å². The van der Waals surface area contributed by atoms with Gasteiger partial charge in [0.1, 0.15) is 17.1 Å². The molecule has 182 valence electrons. The number of carbonyl (C=O) groups is 1. The van der Waals surface area contributed by atoms with E-state index in [1.807, 2.05) is 48.5 Å². The predicted octanol–water partition coefficient (Wildman–Crippen LogP) is 3.00. The second-order valence-corrected chi connectivity index (χ2v) is 8.84. The summed E-state index contributed by atoms with van der Waals surface area (Å²) in [5, 5.41) is 3.84. The van der Waals surface area contributed by atoms with E-state index in [9.17, 15) is 4.79 Å². The maximum Gasteiger partial charge on any atom is 0.258 e. The minimum absolute atomic E-state index is 0.101. The van der Waals surface area contributed by atoms with Crippen LogP contribution >= 0.6 is 0 Å². The van der Waals surface area contributed by atoms with E-state index in [1.165, 1.54) is 0 Å². The third-order valence-electron chi connectivity index (χ3n) is 6.62. The molecule has 3 aliphatic rings. The van der Waals surface area contributed by atoms with Crippen LogP contribution in [0.1, 0.15) is 18.4 Å². The van der Waals surface area contributed by atoms with E-state index >= 15 is 0 Å². The first kappa shape index (κ1) is 21.9. The summed E-state index contributed by atoms with van der Waals surface area (Å²) in [5.74, 6) is 2.24. The Labute approximate surface area is 202 Å². The molecular weight excluding hydrogens is 450 g/mol. The van der Waals surface area contributed by atoms with Crippen molar-refractivity contribution in [1.29, 1.82) is 0 Å². The van der Waals surface area contributed by atoms with Gasteiger partial charge >= 0.3 is 0 Å². The molecule has 2 aromatic carbocycles. The Morgan fingerprint density at radius 3 is 2.71 bits per heavy atom. The topological polar surface area (TPSA) is 91.4 Å². The number of ether oxygens (including phenoxy) is 5. The van der Waals surface area contributed by atoms with Crippen molar-refractivity contribution in [2.45, 2.75) is 25.2 Å². The summed E-state index contributed by atoms with van der Waals surface area (Å²) in [7, 11) is 0. The minimum Gasteiger partial charge on any atom is -0.481 e. The molecule has 0 bridgehead atoms. The highest BCUT2D eigenvalue weighted by atomic mass is 16.7. The second-order valence-electron chi connectivity index (χ2n) is 8.84. The van der Waals surface area contributed by atoms with Crippen molar-refractivity contribution in [2.24, 2.45) is 0 Å². The van der Waals surface area contributed by atoms with Gasteiger partial charge in [-0.05, 0) is 35.9 Å². The summed E-state index contributed by atoms with van der Waals surface area (Å²) >= 11 is 0. The Hall–Kier alpha value is -3.56. The van der Waals surface area contributed by atoms with Crippen molar-refractivity contribution >= 4 is 22.6 Å². The molecule has 6 rings (SSSR count). The predicted molar refractivity (Wildman–Crippen MR) is 128 cm³/mol. The largest absolute Gasteiger partial charge is 0.481 e. The molecule has 1 amide bonds. The number of anilines is 1. The third kappa shape index (κ3) is 4.56. The number of amides is 1. The maximum atomic E-state index is 12.5. The number of para-hydroxylation sites is 1. The fraction of sp³-hybridized carbons (Fsp3) is 0.385. The Bertz CT molecular complexity index is 1230. The van der Waals surface area contributed by atoms with E-state index in [2.05, 4.69) is 10.2 Å². The number of fused-ring (bicyclic) bond motifs is 2. The number of piperidine rings is 1. The summed E-state index contributed by atoms with van der Waals surface area (Å²) < 4.78 is 28.3. The van der Waals surface area contributed by atoms with Crippen molar-refractivity contribution in [3.63, 3.8) is 0 Å². The molecule has 0 unspecified atom stereocenters. The van der Waals surface area contributed by atoms with E-state index in [0.29, 0.717) is 31.3 Å². The van der Waals surface area contributed by atoms with Crippen molar-refractivity contribution in [2.75, 3.05) is 44.6 Å². The van der Waals surface area contributed by atoms with Crippen LogP contribution in [0.25, 0.3) is 10.9 Å². The van der Waals surface area contributed by atoms with E-state index in [1.54, 1.807) is 0 Å². The van der Waals surface area contributed by atoms with Gasteiger partial charge in [0.05, 0.1) is 13.2 Å². The number of hydrogen-bond acceptors (Lipinski definition) is 8. The van der Waals surface area contributed by atoms with Crippen molar-refractivity contribution in [3.8, 4) is 17.2 Å². The number of rotatable bonds is 6. The first-order chi connectivity index (χ1) is 17.2. The summed E-state index contributed by atoms with van der Waals surface area (Å²) in [6, 6.07) is 15.4. The van der Waals surface area contributed by atoms with Crippen LogP contribution in [0.4, 0.5) is 5.82 Å². The summed E-state index contributed by atoms with van der Waals surface area (Å²) in [4.78, 5) is 19.6. The normalized spacial score (nSPS) is 18.2. The van der Waals surface area contributed by atoms with Gasteiger partial charge in [0.15, 0.2) is 23.9 Å². The van der Waals surface area contributed by atoms with Gasteiger partial charge in [-0.3, -0.25) is 4.79 Å². The number of carbonyl (C=O) groups excluding carboxylic acids is 1. The lowest BCUT2D eigenvalue weighted by Crippen LogP contribution is -2.45. The molecule has 4 heterocycles. The third-order valence-corrected chi connectivity index (χ3v) is 6.62. The fourth-order valence-electron chi connectivity index (χ4n) is 4.71. The molecule has 2 fully saturated rings. The average Bonchev–Trinajstić information content (AvgIpc) is 3.56. The molecule has 0 aliphatic carbocycles. The molecule has 1 aromatic heterocycles. The van der Waals surface area contributed by atoms with E-state index in [4.69, 9.17) is 28.7 Å². The Kier molecular flexibility index (Phi) is 5.79. The standard InChI is InChI=1S/C26H27N3O6/c30-24(27-15-18-4-6-20-22(14-18)33-17-32-20)16-31-21-3-1-2-19-5-7-23(28-25(19)21)29-10-8-26(9-11-29)34-12-13-35-26/h1-7,14H,8-13,15-17H2,(H,27,30). The monoisotopic (exact) mass is 477 g/mol. The molecule has 0 atom stereocenters. The Morgan fingerprint density at radius 1 is 1.03 bits per heavy atom. The van der Waals surface area contributed by atoms with Gasteiger partial charge in [-0.15, -0.1) is 0 Å². The van der Waals surface area contributed by atoms with Crippen LogP contribution in [0.15, 0.2) is 48.5 Å². The molecule has 1 spiro atoms. The molecule has 9 heteroatoms. The van der Waals surface area contributed by atoms with Crippen molar-refractivity contribution in [3.05, 3.63) is 54.1 Å². The van der Waals surface area contributed by atoms with Gasteiger partial charge < -0.3 is 33.9 Å². The first-order valence-electron chi connectivity index (χ1n) is 11.9. The van der Waals surface area contributed by atoms with Crippen LogP contribution in [-0.4, -0.2) is 56.4 Å². The van der Waals surface area contributed by atoms with Crippen LogP contribution in [0, 0.1) is 0 Å². The molecule has 1 N–H and O–H groups in total. The molecule has 0 saturated carbocycles. The first-order valence-corrected chi connectivity index (χ1v) is 11.9. The van der Waals surface area contributed by atoms with Gasteiger partial charge in [-0.25, -0.2) is 4.98 Å². The molecular formula is C26H27N3O6. The van der Waals surface area contributed by atoms with Gasteiger partial charge in [-0.2, -0.15) is 0 Å². The molecule has 0 radical (unpaired) electrons. The lowest BCUT2D eigenvalue weighted by molar-refractivity contribution is -0.169.